The van der Waals surface area contributed by atoms with Crippen LogP contribution in [-0.4, -0.2) is 26.7 Å². The van der Waals surface area contributed by atoms with E-state index >= 15 is 0 Å². The van der Waals surface area contributed by atoms with Crippen molar-refractivity contribution < 1.29 is 17.0 Å². The Morgan fingerprint density at radius 2 is 1.10 bits per heavy atom. The van der Waals surface area contributed by atoms with Gasteiger partial charge in [-0.25, -0.2) is 0 Å². The van der Waals surface area contributed by atoms with Crippen LogP contribution in [0.15, 0.2) is 36.4 Å². The van der Waals surface area contributed by atoms with E-state index in [2.05, 4.69) is 63.1 Å². The fourth-order valence-corrected chi connectivity index (χ4v) is 4.00. The van der Waals surface area contributed by atoms with Gasteiger partial charge in [0, 0.05) is 0 Å². The summed E-state index contributed by atoms with van der Waals surface area (Å²) < 4.78 is 0. The Hall–Kier alpha value is 1.71. The van der Waals surface area contributed by atoms with Crippen LogP contribution in [-0.2, 0) is 17.0 Å². The van der Waals surface area contributed by atoms with Crippen LogP contribution in [0.5, 0.6) is 0 Å². The van der Waals surface area contributed by atoms with Crippen molar-refractivity contribution >= 4 is 74.2 Å². The molecule has 0 amide bonds. The van der Waals surface area contributed by atoms with Gasteiger partial charge < -0.3 is 0 Å². The second-order valence-electron chi connectivity index (χ2n) is 3.85. The number of halogens is 2. The average Bonchev–Trinajstić information content (AvgIpc) is 3.17. The fraction of sp³-hybridized carbons (Fsp3) is 0.286. The summed E-state index contributed by atoms with van der Waals surface area (Å²) in [6.45, 7) is 8.88. The van der Waals surface area contributed by atoms with Gasteiger partial charge >= 0.3 is 35.6 Å². The molecule has 0 saturated heterocycles. The van der Waals surface area contributed by atoms with Crippen molar-refractivity contribution in [3.63, 3.8) is 0 Å². The molecule has 21 heavy (non-hydrogen) atoms. The average molecular weight is 433 g/mol. The van der Waals surface area contributed by atoms with E-state index in [0.29, 0.717) is 0 Å². The Labute approximate surface area is 153 Å². The molecule has 0 fully saturated rings. The van der Waals surface area contributed by atoms with Crippen LogP contribution in [0.2, 0.25) is 0 Å². The van der Waals surface area contributed by atoms with Crippen molar-refractivity contribution in [1.82, 2.24) is 0 Å². The van der Waals surface area contributed by atoms with Gasteiger partial charge in [0.25, 0.3) is 0 Å². The Morgan fingerprint density at radius 1 is 0.762 bits per heavy atom. The fourth-order valence-electron chi connectivity index (χ4n) is 1.51. The second-order valence-corrected chi connectivity index (χ2v) is 10.7. The molecule has 118 valence electrons. The van der Waals surface area contributed by atoms with Gasteiger partial charge in [-0.15, -0.1) is 27.8 Å². The first kappa shape index (κ1) is 22.7. The van der Waals surface area contributed by atoms with Crippen molar-refractivity contribution in [3.8, 4) is 0 Å². The quantitative estimate of drug-likeness (QED) is 0.390. The molecular weight excluding hydrogens is 411 g/mol. The van der Waals surface area contributed by atoms with Crippen LogP contribution in [0.3, 0.4) is 0 Å². The maximum absolute atomic E-state index is 4.89. The molecule has 0 aliphatic rings. The molecule has 7 heteroatoms. The summed E-state index contributed by atoms with van der Waals surface area (Å²) in [5.41, 5.74) is 0. The van der Waals surface area contributed by atoms with Crippen LogP contribution < -0.4 is 21.2 Å². The summed E-state index contributed by atoms with van der Waals surface area (Å²) >= 11 is -0.556. The topological polar surface area (TPSA) is 0 Å². The molecule has 0 heterocycles. The molecule has 0 saturated carbocycles. The van der Waals surface area contributed by atoms with Gasteiger partial charge in [-0.1, -0.05) is 13.3 Å². The van der Waals surface area contributed by atoms with Gasteiger partial charge in [0.1, 0.15) is 0 Å². The van der Waals surface area contributed by atoms with E-state index in [9.17, 15) is 0 Å². The third-order valence-electron chi connectivity index (χ3n) is 2.66. The van der Waals surface area contributed by atoms with Gasteiger partial charge in [0.2, 0.25) is 0 Å². The van der Waals surface area contributed by atoms with Crippen LogP contribution in [0.1, 0.15) is 0 Å². The van der Waals surface area contributed by atoms with E-state index in [-0.39, 0.29) is 0 Å². The summed E-state index contributed by atoms with van der Waals surface area (Å²) in [6.07, 6.45) is 0. The van der Waals surface area contributed by atoms with E-state index in [1.54, 1.807) is 0 Å². The third kappa shape index (κ3) is 11.0. The Bertz CT molecular complexity index is 392. The molecule has 2 aromatic carbocycles. The summed E-state index contributed by atoms with van der Waals surface area (Å²) in [5.74, 6) is 0. The van der Waals surface area contributed by atoms with Gasteiger partial charge in [-0.2, -0.15) is 64.2 Å². The molecule has 0 bridgehead atoms. The molecule has 4 atom stereocenters. The molecule has 0 aromatic heterocycles. The molecule has 0 radical (unpaired) electrons. The third-order valence-corrected chi connectivity index (χ3v) is 6.22. The summed E-state index contributed by atoms with van der Waals surface area (Å²) in [5, 5.41) is 6.00. The molecule has 0 N–H and O–H groups in total. The maximum atomic E-state index is 4.89. The normalized spacial score (nSPS) is 11.5. The zero-order valence-electron chi connectivity index (χ0n) is 12.7. The standard InChI is InChI=1S/2C7H11P2.2ClH.Ti/c2*1-8-6-3-4-7(5-6)9-2;;;/h2*3-5,8-9H,1-2H3;2*1H;/q2*-1;;;+2/p-2. The van der Waals surface area contributed by atoms with Gasteiger partial charge in [-0.3, -0.25) is 0 Å². The Balaban J connectivity index is 0.000000322. The van der Waals surface area contributed by atoms with Crippen molar-refractivity contribution in [2.24, 2.45) is 0 Å². The number of rotatable bonds is 4. The second kappa shape index (κ2) is 15.3. The van der Waals surface area contributed by atoms with Crippen molar-refractivity contribution in [2.45, 2.75) is 0 Å². The summed E-state index contributed by atoms with van der Waals surface area (Å²) in [7, 11) is 13.6. The molecular formula is C14H22Cl2P4Ti-2. The number of hydrogen-bond acceptors (Lipinski definition) is 0. The zero-order valence-corrected chi connectivity index (χ0v) is 19.8. The molecule has 2 rings (SSSR count). The molecule has 0 spiro atoms. The minimum absolute atomic E-state index is 0.556. The predicted octanol–water partition coefficient (Wildman–Crippen LogP) is 3.92. The zero-order chi connectivity index (χ0) is 16.1. The van der Waals surface area contributed by atoms with Gasteiger partial charge in [0.05, 0.1) is 0 Å². The monoisotopic (exact) mass is 432 g/mol. The van der Waals surface area contributed by atoms with E-state index in [1.807, 2.05) is 0 Å². The molecule has 0 aliphatic carbocycles. The van der Waals surface area contributed by atoms with Gasteiger partial charge in [0.15, 0.2) is 0 Å². The first-order valence-electron chi connectivity index (χ1n) is 6.35. The van der Waals surface area contributed by atoms with E-state index < -0.39 is 17.0 Å². The van der Waals surface area contributed by atoms with Crippen LogP contribution in [0, 0.1) is 0 Å². The molecule has 2 aromatic rings. The first-order valence-corrected chi connectivity index (χ1v) is 16.7. The van der Waals surface area contributed by atoms with Crippen LogP contribution in [0.4, 0.5) is 0 Å². The summed E-state index contributed by atoms with van der Waals surface area (Å²) in [4.78, 5) is 0. The summed E-state index contributed by atoms with van der Waals surface area (Å²) in [6, 6.07) is 13.5. The van der Waals surface area contributed by atoms with Crippen molar-refractivity contribution in [1.29, 1.82) is 0 Å². The van der Waals surface area contributed by atoms with E-state index in [1.165, 1.54) is 21.2 Å². The number of hydrogen-bond donors (Lipinski definition) is 0. The van der Waals surface area contributed by atoms with E-state index in [4.69, 9.17) is 18.6 Å². The minimum atomic E-state index is -0.556. The predicted molar refractivity (Wildman–Crippen MR) is 111 cm³/mol. The van der Waals surface area contributed by atoms with Gasteiger partial charge in [-0.05, 0) is 13.3 Å². The SMILES string of the molecule is CPc1c[cH-]c(PC)c1.CPc1c[cH-]c(PC)c1.[Cl][Ti][Cl]. The Kier molecular flexibility index (Phi) is 16.5. The van der Waals surface area contributed by atoms with E-state index in [0.717, 1.165) is 34.3 Å². The molecule has 4 unspecified atom stereocenters. The Morgan fingerprint density at radius 3 is 1.24 bits per heavy atom. The molecule has 0 aliphatic heterocycles. The van der Waals surface area contributed by atoms with Crippen molar-refractivity contribution in [3.05, 3.63) is 36.4 Å². The van der Waals surface area contributed by atoms with Crippen molar-refractivity contribution in [2.75, 3.05) is 26.7 Å². The van der Waals surface area contributed by atoms with Crippen LogP contribution in [0.25, 0.3) is 0 Å². The van der Waals surface area contributed by atoms with Crippen LogP contribution >= 0.6 is 52.9 Å². The first-order chi connectivity index (χ1) is 10.1. The molecule has 0 nitrogen and oxygen atoms in total.